The summed E-state index contributed by atoms with van der Waals surface area (Å²) >= 11 is 1.65. The third-order valence-electron chi connectivity index (χ3n) is 6.71. The summed E-state index contributed by atoms with van der Waals surface area (Å²) in [6.45, 7) is 9.31. The lowest BCUT2D eigenvalue weighted by atomic mass is 9.85. The number of benzene rings is 2. The summed E-state index contributed by atoms with van der Waals surface area (Å²) < 4.78 is 7.96. The number of fused-ring (bicyclic) bond motifs is 1. The van der Waals surface area contributed by atoms with E-state index in [0.29, 0.717) is 19.0 Å². The van der Waals surface area contributed by atoms with Crippen LogP contribution in [0, 0.1) is 0 Å². The molecule has 0 fully saturated rings. The first-order valence-electron chi connectivity index (χ1n) is 12.8. The molecule has 1 atom stereocenters. The molecule has 2 aliphatic rings. The predicted molar refractivity (Wildman–Crippen MR) is 145 cm³/mol. The average Bonchev–Trinajstić information content (AvgIpc) is 3.27. The van der Waals surface area contributed by atoms with Gasteiger partial charge in [-0.25, -0.2) is 4.68 Å². The molecule has 0 saturated heterocycles. The molecule has 2 heterocycles. The summed E-state index contributed by atoms with van der Waals surface area (Å²) in [5.41, 5.74) is 5.41. The monoisotopic (exact) mass is 502 g/mol. The Hall–Kier alpha value is -3.06. The molecule has 7 heteroatoms. The number of rotatable bonds is 7. The number of Topliss-reactive ketones (excluding diaryl/α,β-unsaturated/α-hetero) is 1. The predicted octanol–water partition coefficient (Wildman–Crippen LogP) is 6.68. The molecule has 0 amide bonds. The number of allylic oxidation sites excluding steroid dienone is 2. The third-order valence-corrected chi connectivity index (χ3v) is 7.75. The standard InChI is InChI=1S/C29H34N4O2S/c1-5-17-36-28-31-27-30-23-7-6-8-24(34)25(23)26(33(27)32-28)20-11-15-22(16-12-20)35-18-19-9-13-21(14-10-19)29(2,3)4/h9-16,26H,5-8,17-18H2,1-4H3,(H,30,31,32). The molecule has 0 radical (unpaired) electrons. The highest BCUT2D eigenvalue weighted by Gasteiger charge is 2.36. The summed E-state index contributed by atoms with van der Waals surface area (Å²) in [7, 11) is 0. The fourth-order valence-electron chi connectivity index (χ4n) is 4.71. The highest BCUT2D eigenvalue weighted by molar-refractivity contribution is 7.99. The van der Waals surface area contributed by atoms with Crippen molar-refractivity contribution in [1.82, 2.24) is 14.8 Å². The van der Waals surface area contributed by atoms with Gasteiger partial charge in [-0.2, -0.15) is 4.98 Å². The lowest BCUT2D eigenvalue weighted by Gasteiger charge is -2.32. The van der Waals surface area contributed by atoms with E-state index in [1.54, 1.807) is 11.8 Å². The quantitative estimate of drug-likeness (QED) is 0.364. The van der Waals surface area contributed by atoms with E-state index < -0.39 is 0 Å². The van der Waals surface area contributed by atoms with E-state index in [0.717, 1.165) is 58.3 Å². The molecular formula is C29H34N4O2S. The summed E-state index contributed by atoms with van der Waals surface area (Å²) in [4.78, 5) is 17.7. The smallest absolute Gasteiger partial charge is 0.227 e. The van der Waals surface area contributed by atoms with Crippen LogP contribution in [0.1, 0.15) is 76.1 Å². The van der Waals surface area contributed by atoms with Crippen molar-refractivity contribution in [1.29, 1.82) is 0 Å². The van der Waals surface area contributed by atoms with E-state index in [9.17, 15) is 4.79 Å². The van der Waals surface area contributed by atoms with Gasteiger partial charge in [-0.1, -0.05) is 75.9 Å². The maximum Gasteiger partial charge on any atom is 0.227 e. The lowest BCUT2D eigenvalue weighted by Crippen LogP contribution is -2.31. The molecule has 1 N–H and O–H groups in total. The van der Waals surface area contributed by atoms with Crippen molar-refractivity contribution in [2.75, 3.05) is 11.1 Å². The van der Waals surface area contributed by atoms with Crippen LogP contribution >= 0.6 is 11.8 Å². The molecule has 1 aliphatic carbocycles. The van der Waals surface area contributed by atoms with Crippen molar-refractivity contribution < 1.29 is 9.53 Å². The van der Waals surface area contributed by atoms with Crippen LogP contribution in [0.15, 0.2) is 65.0 Å². The number of ketones is 1. The molecule has 188 valence electrons. The van der Waals surface area contributed by atoms with Gasteiger partial charge in [0, 0.05) is 23.4 Å². The van der Waals surface area contributed by atoms with E-state index in [4.69, 9.17) is 14.8 Å². The van der Waals surface area contributed by atoms with Gasteiger partial charge in [-0.05, 0) is 53.5 Å². The van der Waals surface area contributed by atoms with Gasteiger partial charge in [0.25, 0.3) is 0 Å². The molecule has 0 spiro atoms. The van der Waals surface area contributed by atoms with Crippen LogP contribution in [0.4, 0.5) is 5.95 Å². The second kappa shape index (κ2) is 10.1. The summed E-state index contributed by atoms with van der Waals surface area (Å²) in [5.74, 6) is 2.67. The van der Waals surface area contributed by atoms with Crippen molar-refractivity contribution in [3.63, 3.8) is 0 Å². The Balaban J connectivity index is 1.37. The Morgan fingerprint density at radius 2 is 1.83 bits per heavy atom. The van der Waals surface area contributed by atoms with Crippen LogP contribution in [0.5, 0.6) is 5.75 Å². The van der Waals surface area contributed by atoms with Crippen molar-refractivity contribution in [2.45, 2.75) is 76.6 Å². The summed E-state index contributed by atoms with van der Waals surface area (Å²) in [5, 5.41) is 8.93. The van der Waals surface area contributed by atoms with Crippen LogP contribution in [-0.4, -0.2) is 26.3 Å². The zero-order valence-corrected chi connectivity index (χ0v) is 22.3. The molecule has 3 aromatic rings. The Kier molecular flexibility index (Phi) is 6.93. The number of hydrogen-bond donors (Lipinski definition) is 1. The molecule has 6 nitrogen and oxygen atoms in total. The Morgan fingerprint density at radius 3 is 2.53 bits per heavy atom. The number of nitrogens with zero attached hydrogens (tertiary/aromatic N) is 3. The first kappa shape index (κ1) is 24.6. The summed E-state index contributed by atoms with van der Waals surface area (Å²) in [6, 6.07) is 16.4. The van der Waals surface area contributed by atoms with Gasteiger partial charge < -0.3 is 10.1 Å². The van der Waals surface area contributed by atoms with Crippen LogP contribution in [0.25, 0.3) is 0 Å². The van der Waals surface area contributed by atoms with Gasteiger partial charge in [-0.15, -0.1) is 5.10 Å². The number of ether oxygens (including phenoxy) is 1. The molecule has 1 aromatic heterocycles. The van der Waals surface area contributed by atoms with Gasteiger partial charge in [-0.3, -0.25) is 4.79 Å². The number of thioether (sulfide) groups is 1. The Labute approximate surface area is 217 Å². The van der Waals surface area contributed by atoms with E-state index in [1.165, 1.54) is 5.56 Å². The van der Waals surface area contributed by atoms with E-state index >= 15 is 0 Å². The number of anilines is 1. The molecule has 0 saturated carbocycles. The molecule has 36 heavy (non-hydrogen) atoms. The molecule has 1 aliphatic heterocycles. The zero-order valence-electron chi connectivity index (χ0n) is 21.5. The molecular weight excluding hydrogens is 468 g/mol. The lowest BCUT2D eigenvalue weighted by molar-refractivity contribution is -0.116. The van der Waals surface area contributed by atoms with Gasteiger partial charge in [0.05, 0.1) is 0 Å². The topological polar surface area (TPSA) is 69.0 Å². The first-order chi connectivity index (χ1) is 17.3. The minimum atomic E-state index is -0.272. The maximum atomic E-state index is 13.0. The largest absolute Gasteiger partial charge is 0.489 e. The molecule has 5 rings (SSSR count). The van der Waals surface area contributed by atoms with E-state index in [2.05, 4.69) is 57.3 Å². The number of hydrogen-bond acceptors (Lipinski definition) is 6. The number of carbonyl (C=O) groups excluding carboxylic acids is 1. The van der Waals surface area contributed by atoms with Crippen molar-refractivity contribution in [3.8, 4) is 5.75 Å². The van der Waals surface area contributed by atoms with E-state index in [-0.39, 0.29) is 17.2 Å². The van der Waals surface area contributed by atoms with Crippen LogP contribution < -0.4 is 10.1 Å². The van der Waals surface area contributed by atoms with Gasteiger partial charge in [0.1, 0.15) is 18.4 Å². The molecule has 1 unspecified atom stereocenters. The highest BCUT2D eigenvalue weighted by Crippen LogP contribution is 2.41. The third kappa shape index (κ3) is 5.07. The van der Waals surface area contributed by atoms with Crippen molar-refractivity contribution >= 4 is 23.5 Å². The van der Waals surface area contributed by atoms with Crippen molar-refractivity contribution in [2.24, 2.45) is 0 Å². The van der Waals surface area contributed by atoms with Crippen LogP contribution in [-0.2, 0) is 16.8 Å². The van der Waals surface area contributed by atoms with Gasteiger partial charge in [0.15, 0.2) is 5.78 Å². The van der Waals surface area contributed by atoms with Crippen LogP contribution in [0.3, 0.4) is 0 Å². The molecule has 0 bridgehead atoms. The summed E-state index contributed by atoms with van der Waals surface area (Å²) in [6.07, 6.45) is 3.36. The van der Waals surface area contributed by atoms with Gasteiger partial charge >= 0.3 is 0 Å². The fraction of sp³-hybridized carbons (Fsp3) is 0.414. The second-order valence-corrected chi connectivity index (χ2v) is 11.6. The Morgan fingerprint density at radius 1 is 1.08 bits per heavy atom. The van der Waals surface area contributed by atoms with Crippen molar-refractivity contribution in [3.05, 3.63) is 76.5 Å². The number of carbonyl (C=O) groups is 1. The minimum Gasteiger partial charge on any atom is -0.489 e. The SMILES string of the molecule is CCCSc1nc2n(n1)C(c1ccc(OCc3ccc(C(C)(C)C)cc3)cc1)C1=C(CCCC1=O)N2. The average molecular weight is 503 g/mol. The van der Waals surface area contributed by atoms with E-state index in [1.807, 2.05) is 28.9 Å². The fourth-order valence-corrected chi connectivity index (χ4v) is 5.40. The molecule has 2 aromatic carbocycles. The van der Waals surface area contributed by atoms with Gasteiger partial charge in [0.2, 0.25) is 11.1 Å². The normalized spacial score (nSPS) is 17.4. The minimum absolute atomic E-state index is 0.137. The number of aromatic nitrogens is 3. The first-order valence-corrected chi connectivity index (χ1v) is 13.8. The number of nitrogens with one attached hydrogen (secondary N) is 1. The van der Waals surface area contributed by atoms with Crippen LogP contribution in [0.2, 0.25) is 0 Å². The zero-order chi connectivity index (χ0) is 25.3. The second-order valence-electron chi connectivity index (χ2n) is 10.5. The maximum absolute atomic E-state index is 13.0. The Bertz CT molecular complexity index is 1270. The highest BCUT2D eigenvalue weighted by atomic mass is 32.2.